The molecule has 126 valence electrons. The van der Waals surface area contributed by atoms with Crippen molar-refractivity contribution in [2.45, 2.75) is 13.8 Å². The first-order chi connectivity index (χ1) is 11.6. The van der Waals surface area contributed by atoms with Crippen LogP contribution in [0.1, 0.15) is 27.0 Å². The Morgan fingerprint density at radius 2 is 1.96 bits per heavy atom. The van der Waals surface area contributed by atoms with Crippen molar-refractivity contribution in [2.75, 3.05) is 13.2 Å². The Hall–Kier alpha value is -2.67. The molecule has 1 aromatic carbocycles. The van der Waals surface area contributed by atoms with Gasteiger partial charge in [0.15, 0.2) is 6.61 Å². The molecule has 24 heavy (non-hydrogen) atoms. The van der Waals surface area contributed by atoms with Gasteiger partial charge in [-0.3, -0.25) is 4.79 Å². The minimum Gasteiger partial charge on any atom is -0.484 e. The molecule has 1 aromatic heterocycles. The molecule has 0 saturated heterocycles. The molecule has 0 saturated carbocycles. The molecule has 0 radical (unpaired) electrons. The largest absolute Gasteiger partial charge is 0.484 e. The molecular formula is C17H18N2O4S. The van der Waals surface area contributed by atoms with Gasteiger partial charge in [0.05, 0.1) is 18.4 Å². The van der Waals surface area contributed by atoms with E-state index in [1.165, 1.54) is 4.88 Å². The van der Waals surface area contributed by atoms with Crippen molar-refractivity contribution < 1.29 is 19.1 Å². The molecule has 2 aromatic rings. The van der Waals surface area contributed by atoms with E-state index in [1.54, 1.807) is 48.7 Å². The summed E-state index contributed by atoms with van der Waals surface area (Å²) < 4.78 is 10.2. The highest BCUT2D eigenvalue weighted by atomic mass is 32.1. The molecule has 0 aliphatic rings. The Kier molecular flexibility index (Phi) is 6.51. The van der Waals surface area contributed by atoms with Crippen LogP contribution in [0.5, 0.6) is 5.75 Å². The lowest BCUT2D eigenvalue weighted by atomic mass is 10.2. The van der Waals surface area contributed by atoms with E-state index in [1.807, 2.05) is 19.1 Å². The van der Waals surface area contributed by atoms with Crippen molar-refractivity contribution in [3.05, 3.63) is 51.7 Å². The van der Waals surface area contributed by atoms with Crippen LogP contribution in [-0.2, 0) is 9.53 Å². The number of nitrogens with zero attached hydrogens (tertiary/aromatic N) is 1. The third-order valence-electron chi connectivity index (χ3n) is 2.88. The number of ether oxygens (including phenoxy) is 2. The summed E-state index contributed by atoms with van der Waals surface area (Å²) in [5, 5.41) is 3.87. The fourth-order valence-electron chi connectivity index (χ4n) is 1.77. The maximum Gasteiger partial charge on any atom is 0.338 e. The third kappa shape index (κ3) is 5.51. The molecule has 6 nitrogen and oxygen atoms in total. The maximum atomic E-state index is 11.7. The molecule has 0 aliphatic heterocycles. The summed E-state index contributed by atoms with van der Waals surface area (Å²) in [6, 6.07) is 10.3. The second-order valence-electron chi connectivity index (χ2n) is 4.78. The summed E-state index contributed by atoms with van der Waals surface area (Å²) in [6.07, 6.45) is 1.59. The molecule has 0 unspecified atom stereocenters. The van der Waals surface area contributed by atoms with Gasteiger partial charge in [-0.15, -0.1) is 11.3 Å². The fourth-order valence-corrected chi connectivity index (χ4v) is 2.52. The highest BCUT2D eigenvalue weighted by Crippen LogP contribution is 2.13. The Morgan fingerprint density at radius 3 is 2.58 bits per heavy atom. The highest BCUT2D eigenvalue weighted by Gasteiger charge is 2.07. The summed E-state index contributed by atoms with van der Waals surface area (Å²) in [5.41, 5.74) is 2.83. The topological polar surface area (TPSA) is 77.0 Å². The van der Waals surface area contributed by atoms with Gasteiger partial charge in [-0.2, -0.15) is 5.10 Å². The monoisotopic (exact) mass is 346 g/mol. The fraction of sp³-hybridized carbons (Fsp3) is 0.235. The molecule has 0 spiro atoms. The average Bonchev–Trinajstić information content (AvgIpc) is 2.99. The standard InChI is InChI=1S/C17H18N2O4S/c1-3-22-17(21)13-5-7-14(8-6-13)23-11-16(20)19-18-10-15-9-4-12(2)24-15/h4-10H,3,11H2,1-2H3,(H,19,20)/b18-10+. The SMILES string of the molecule is CCOC(=O)c1ccc(OCC(=O)N/N=C/c2ccc(C)s2)cc1. The van der Waals surface area contributed by atoms with Crippen LogP contribution in [0, 0.1) is 6.92 Å². The van der Waals surface area contributed by atoms with Crippen molar-refractivity contribution >= 4 is 29.4 Å². The van der Waals surface area contributed by atoms with E-state index in [0.29, 0.717) is 17.9 Å². The lowest BCUT2D eigenvalue weighted by Gasteiger charge is -2.06. The van der Waals surface area contributed by atoms with E-state index in [-0.39, 0.29) is 18.5 Å². The van der Waals surface area contributed by atoms with Crippen molar-refractivity contribution in [3.63, 3.8) is 0 Å². The molecule has 2 rings (SSSR count). The van der Waals surface area contributed by atoms with Crippen LogP contribution in [-0.4, -0.2) is 31.3 Å². The number of esters is 1. The van der Waals surface area contributed by atoms with Crippen molar-refractivity contribution in [2.24, 2.45) is 5.10 Å². The van der Waals surface area contributed by atoms with Gasteiger partial charge in [-0.05, 0) is 50.2 Å². The third-order valence-corrected chi connectivity index (χ3v) is 3.81. The van der Waals surface area contributed by atoms with Crippen molar-refractivity contribution in [1.29, 1.82) is 0 Å². The first-order valence-corrected chi connectivity index (χ1v) is 8.18. The number of hydrogen-bond acceptors (Lipinski definition) is 6. The minimum absolute atomic E-state index is 0.167. The summed E-state index contributed by atoms with van der Waals surface area (Å²) in [7, 11) is 0. The van der Waals surface area contributed by atoms with Crippen LogP contribution in [0.2, 0.25) is 0 Å². The zero-order valence-electron chi connectivity index (χ0n) is 13.4. The number of thiophene rings is 1. The second-order valence-corrected chi connectivity index (χ2v) is 6.09. The van der Waals surface area contributed by atoms with Gasteiger partial charge >= 0.3 is 5.97 Å². The van der Waals surface area contributed by atoms with E-state index < -0.39 is 0 Å². The summed E-state index contributed by atoms with van der Waals surface area (Å²) in [4.78, 5) is 25.3. The maximum absolute atomic E-state index is 11.7. The zero-order valence-corrected chi connectivity index (χ0v) is 14.3. The molecule has 1 heterocycles. The number of rotatable bonds is 7. The van der Waals surface area contributed by atoms with Gasteiger partial charge in [0.2, 0.25) is 0 Å². The average molecular weight is 346 g/mol. The summed E-state index contributed by atoms with van der Waals surface area (Å²) in [6.45, 7) is 3.90. The molecule has 7 heteroatoms. The normalized spacial score (nSPS) is 10.6. The van der Waals surface area contributed by atoms with Gasteiger partial charge in [0.25, 0.3) is 5.91 Å². The van der Waals surface area contributed by atoms with Crippen LogP contribution < -0.4 is 10.2 Å². The van der Waals surface area contributed by atoms with Crippen LogP contribution in [0.15, 0.2) is 41.5 Å². The van der Waals surface area contributed by atoms with Crippen LogP contribution >= 0.6 is 11.3 Å². The predicted octanol–water partition coefficient (Wildman–Crippen LogP) is 2.76. The Morgan fingerprint density at radius 1 is 1.21 bits per heavy atom. The quantitative estimate of drug-likeness (QED) is 0.475. The molecule has 1 N–H and O–H groups in total. The first kappa shape index (κ1) is 17.7. The predicted molar refractivity (Wildman–Crippen MR) is 92.7 cm³/mol. The van der Waals surface area contributed by atoms with Gasteiger partial charge in [0, 0.05) is 9.75 Å². The molecule has 0 atom stereocenters. The van der Waals surface area contributed by atoms with Gasteiger partial charge in [0.1, 0.15) is 5.75 Å². The molecule has 0 aliphatic carbocycles. The number of carbonyl (C=O) groups is 2. The smallest absolute Gasteiger partial charge is 0.338 e. The van der Waals surface area contributed by atoms with Crippen LogP contribution in [0.25, 0.3) is 0 Å². The van der Waals surface area contributed by atoms with Crippen molar-refractivity contribution in [3.8, 4) is 5.75 Å². The first-order valence-electron chi connectivity index (χ1n) is 7.37. The number of carbonyl (C=O) groups excluding carboxylic acids is 2. The summed E-state index contributed by atoms with van der Waals surface area (Å²) in [5.74, 6) is -0.273. The van der Waals surface area contributed by atoms with Gasteiger partial charge in [-0.25, -0.2) is 10.2 Å². The molecular weight excluding hydrogens is 328 g/mol. The lowest BCUT2D eigenvalue weighted by molar-refractivity contribution is -0.123. The highest BCUT2D eigenvalue weighted by molar-refractivity contribution is 7.13. The molecule has 0 fully saturated rings. The number of benzene rings is 1. The van der Waals surface area contributed by atoms with Crippen LogP contribution in [0.4, 0.5) is 0 Å². The Bertz CT molecular complexity index is 722. The number of aryl methyl sites for hydroxylation is 1. The number of amides is 1. The van der Waals surface area contributed by atoms with E-state index >= 15 is 0 Å². The molecule has 1 amide bonds. The van der Waals surface area contributed by atoms with Crippen LogP contribution in [0.3, 0.4) is 0 Å². The summed E-state index contributed by atoms with van der Waals surface area (Å²) >= 11 is 1.59. The lowest BCUT2D eigenvalue weighted by Crippen LogP contribution is -2.24. The minimum atomic E-state index is -0.389. The Labute approximate surface area is 144 Å². The van der Waals surface area contributed by atoms with Gasteiger partial charge in [-0.1, -0.05) is 0 Å². The van der Waals surface area contributed by atoms with E-state index in [4.69, 9.17) is 9.47 Å². The van der Waals surface area contributed by atoms with Crippen molar-refractivity contribution in [1.82, 2.24) is 5.43 Å². The Balaban J connectivity index is 1.77. The molecule has 0 bridgehead atoms. The van der Waals surface area contributed by atoms with E-state index in [2.05, 4.69) is 10.5 Å². The number of hydrazone groups is 1. The van der Waals surface area contributed by atoms with Gasteiger partial charge < -0.3 is 9.47 Å². The number of nitrogens with one attached hydrogen (secondary N) is 1. The number of hydrogen-bond donors (Lipinski definition) is 1. The van der Waals surface area contributed by atoms with E-state index in [0.717, 1.165) is 4.88 Å². The second kappa shape index (κ2) is 8.83. The zero-order chi connectivity index (χ0) is 17.4. The van der Waals surface area contributed by atoms with E-state index in [9.17, 15) is 9.59 Å².